The molecule has 1 aromatic carbocycles. The highest BCUT2D eigenvalue weighted by atomic mass is 16.5. The largest absolute Gasteiger partial charge is 0.480 e. The van der Waals surface area contributed by atoms with Gasteiger partial charge < -0.3 is 14.8 Å². The summed E-state index contributed by atoms with van der Waals surface area (Å²) in [4.78, 5) is 14.6. The third-order valence-electron chi connectivity index (χ3n) is 3.75. The van der Waals surface area contributed by atoms with Crippen molar-refractivity contribution in [3.63, 3.8) is 0 Å². The van der Waals surface area contributed by atoms with Crippen LogP contribution in [-0.2, 0) is 9.53 Å². The number of H-pyrrole nitrogens is 1. The summed E-state index contributed by atoms with van der Waals surface area (Å²) in [6.07, 6.45) is 3.94. The highest BCUT2D eigenvalue weighted by Gasteiger charge is 2.24. The van der Waals surface area contributed by atoms with Crippen LogP contribution in [0.5, 0.6) is 0 Å². The van der Waals surface area contributed by atoms with Crippen LogP contribution in [-0.4, -0.2) is 35.3 Å². The summed E-state index contributed by atoms with van der Waals surface area (Å²) < 4.78 is 5.52. The fourth-order valence-corrected chi connectivity index (χ4v) is 2.72. The Bertz CT molecular complexity index is 602. The number of carboxylic acid groups (broad SMARTS) is 1. The Balaban J connectivity index is 1.80. The van der Waals surface area contributed by atoms with Crippen molar-refractivity contribution in [2.75, 3.05) is 13.2 Å². The first-order valence-corrected chi connectivity index (χ1v) is 6.89. The van der Waals surface area contributed by atoms with Crippen molar-refractivity contribution in [3.05, 3.63) is 36.0 Å². The Labute approximate surface area is 116 Å². The number of rotatable bonds is 5. The molecular formula is C15H18N2O3. The lowest BCUT2D eigenvalue weighted by Crippen LogP contribution is -2.34. The van der Waals surface area contributed by atoms with Crippen LogP contribution in [0.3, 0.4) is 0 Å². The number of aromatic amines is 1. The fourth-order valence-electron chi connectivity index (χ4n) is 2.72. The van der Waals surface area contributed by atoms with E-state index in [1.165, 1.54) is 0 Å². The Kier molecular flexibility index (Phi) is 3.71. The molecule has 1 aliphatic rings. The zero-order chi connectivity index (χ0) is 13.9. The van der Waals surface area contributed by atoms with Gasteiger partial charge in [-0.25, -0.2) is 0 Å². The van der Waals surface area contributed by atoms with Crippen LogP contribution >= 0.6 is 0 Å². The Hall–Kier alpha value is -1.85. The molecule has 106 valence electrons. The van der Waals surface area contributed by atoms with Gasteiger partial charge in [0.15, 0.2) is 0 Å². The summed E-state index contributed by atoms with van der Waals surface area (Å²) in [6, 6.07) is 7.01. The molecule has 5 heteroatoms. The second-order valence-corrected chi connectivity index (χ2v) is 5.10. The molecule has 3 rings (SSSR count). The van der Waals surface area contributed by atoms with Gasteiger partial charge in [-0.2, -0.15) is 0 Å². The minimum Gasteiger partial charge on any atom is -0.480 e. The zero-order valence-electron chi connectivity index (χ0n) is 11.1. The average Bonchev–Trinajstić information content (AvgIpc) is 3.08. The van der Waals surface area contributed by atoms with Crippen molar-refractivity contribution in [3.8, 4) is 0 Å². The van der Waals surface area contributed by atoms with Crippen molar-refractivity contribution in [2.45, 2.75) is 25.0 Å². The summed E-state index contributed by atoms with van der Waals surface area (Å²) in [5, 5.41) is 13.5. The van der Waals surface area contributed by atoms with Crippen molar-refractivity contribution in [2.24, 2.45) is 0 Å². The molecule has 1 saturated heterocycles. The fraction of sp³-hybridized carbons (Fsp3) is 0.400. The number of hydrogen-bond acceptors (Lipinski definition) is 3. The Morgan fingerprint density at radius 3 is 3.10 bits per heavy atom. The molecule has 2 unspecified atom stereocenters. The molecule has 5 nitrogen and oxygen atoms in total. The van der Waals surface area contributed by atoms with Gasteiger partial charge in [0, 0.05) is 35.8 Å². The van der Waals surface area contributed by atoms with Crippen LogP contribution in [0.2, 0.25) is 0 Å². The summed E-state index contributed by atoms with van der Waals surface area (Å²) in [5.41, 5.74) is 1.72. The first-order valence-electron chi connectivity index (χ1n) is 6.89. The van der Waals surface area contributed by atoms with Crippen LogP contribution in [0.25, 0.3) is 10.9 Å². The van der Waals surface area contributed by atoms with E-state index in [9.17, 15) is 9.90 Å². The molecule has 1 aliphatic heterocycles. The Morgan fingerprint density at radius 2 is 2.35 bits per heavy atom. The molecule has 20 heavy (non-hydrogen) atoms. The molecule has 0 bridgehead atoms. The van der Waals surface area contributed by atoms with Crippen LogP contribution in [0.1, 0.15) is 24.4 Å². The second-order valence-electron chi connectivity index (χ2n) is 5.10. The van der Waals surface area contributed by atoms with Crippen LogP contribution in [0.15, 0.2) is 30.5 Å². The molecule has 2 heterocycles. The van der Waals surface area contributed by atoms with E-state index in [0.29, 0.717) is 6.54 Å². The van der Waals surface area contributed by atoms with Gasteiger partial charge >= 0.3 is 5.97 Å². The quantitative estimate of drug-likeness (QED) is 0.780. The van der Waals surface area contributed by atoms with Gasteiger partial charge in [0.25, 0.3) is 0 Å². The first kappa shape index (κ1) is 13.1. The lowest BCUT2D eigenvalue weighted by Gasteiger charge is -2.17. The van der Waals surface area contributed by atoms with Crippen molar-refractivity contribution >= 4 is 16.9 Å². The molecular weight excluding hydrogens is 256 g/mol. The summed E-state index contributed by atoms with van der Waals surface area (Å²) in [6.45, 7) is 1.34. The number of benzene rings is 1. The maximum Gasteiger partial charge on any atom is 0.325 e. The number of aromatic nitrogens is 1. The molecule has 0 spiro atoms. The standard InChI is InChI=1S/C15H18N2O3/c18-15(19)14(17-8-10-4-3-7-20-10)12-9-16-13-6-2-1-5-11(12)13/h1-2,5-6,9-10,14,16-17H,3-4,7-8H2,(H,18,19). The topological polar surface area (TPSA) is 74.3 Å². The molecule has 3 N–H and O–H groups in total. The number of hydrogen-bond donors (Lipinski definition) is 3. The smallest absolute Gasteiger partial charge is 0.325 e. The molecule has 2 atom stereocenters. The van der Waals surface area contributed by atoms with E-state index >= 15 is 0 Å². The number of aliphatic carboxylic acids is 1. The van der Waals surface area contributed by atoms with Gasteiger partial charge in [-0.15, -0.1) is 0 Å². The predicted octanol–water partition coefficient (Wildman–Crippen LogP) is 2.06. The van der Waals surface area contributed by atoms with E-state index in [1.807, 2.05) is 24.3 Å². The lowest BCUT2D eigenvalue weighted by molar-refractivity contribution is -0.139. The number of fused-ring (bicyclic) bond motifs is 1. The van der Waals surface area contributed by atoms with E-state index in [1.54, 1.807) is 6.20 Å². The zero-order valence-corrected chi connectivity index (χ0v) is 11.1. The number of ether oxygens (including phenoxy) is 1. The highest BCUT2D eigenvalue weighted by Crippen LogP contribution is 2.24. The molecule has 0 radical (unpaired) electrons. The SMILES string of the molecule is O=C(O)C(NCC1CCCO1)c1c[nH]c2ccccc12. The van der Waals surface area contributed by atoms with E-state index in [0.717, 1.165) is 35.9 Å². The van der Waals surface area contributed by atoms with Gasteiger partial charge in [-0.05, 0) is 18.9 Å². The number of carbonyl (C=O) groups is 1. The number of carboxylic acids is 1. The molecule has 1 fully saturated rings. The van der Waals surface area contributed by atoms with Crippen molar-refractivity contribution in [1.29, 1.82) is 0 Å². The third kappa shape index (κ3) is 2.55. The van der Waals surface area contributed by atoms with Crippen LogP contribution < -0.4 is 5.32 Å². The van der Waals surface area contributed by atoms with Crippen molar-refractivity contribution in [1.82, 2.24) is 10.3 Å². The molecule has 0 amide bonds. The van der Waals surface area contributed by atoms with Crippen molar-refractivity contribution < 1.29 is 14.6 Å². The maximum atomic E-state index is 11.5. The molecule has 0 saturated carbocycles. The lowest BCUT2D eigenvalue weighted by atomic mass is 10.1. The van der Waals surface area contributed by atoms with Crippen LogP contribution in [0, 0.1) is 0 Å². The van der Waals surface area contributed by atoms with Crippen LogP contribution in [0.4, 0.5) is 0 Å². The van der Waals surface area contributed by atoms with E-state index in [-0.39, 0.29) is 6.10 Å². The highest BCUT2D eigenvalue weighted by molar-refractivity contribution is 5.89. The number of nitrogens with one attached hydrogen (secondary N) is 2. The minimum atomic E-state index is -0.868. The van der Waals surface area contributed by atoms with E-state index < -0.39 is 12.0 Å². The average molecular weight is 274 g/mol. The van der Waals surface area contributed by atoms with E-state index in [2.05, 4.69) is 10.3 Å². The van der Waals surface area contributed by atoms with Gasteiger partial charge in [-0.1, -0.05) is 18.2 Å². The summed E-state index contributed by atoms with van der Waals surface area (Å²) >= 11 is 0. The number of para-hydroxylation sites is 1. The summed E-state index contributed by atoms with van der Waals surface area (Å²) in [7, 11) is 0. The van der Waals surface area contributed by atoms with Gasteiger partial charge in [0.2, 0.25) is 0 Å². The second kappa shape index (κ2) is 5.64. The van der Waals surface area contributed by atoms with Gasteiger partial charge in [0.05, 0.1) is 6.10 Å². The van der Waals surface area contributed by atoms with Gasteiger partial charge in [-0.3, -0.25) is 10.1 Å². The van der Waals surface area contributed by atoms with Gasteiger partial charge in [0.1, 0.15) is 6.04 Å². The maximum absolute atomic E-state index is 11.5. The molecule has 1 aromatic heterocycles. The predicted molar refractivity (Wildman–Crippen MR) is 75.7 cm³/mol. The molecule has 2 aromatic rings. The first-order chi connectivity index (χ1) is 9.75. The molecule has 0 aliphatic carbocycles. The monoisotopic (exact) mass is 274 g/mol. The third-order valence-corrected chi connectivity index (χ3v) is 3.75. The minimum absolute atomic E-state index is 0.127. The Morgan fingerprint density at radius 1 is 1.50 bits per heavy atom. The normalized spacial score (nSPS) is 20.3. The summed E-state index contributed by atoms with van der Waals surface area (Å²) in [5.74, 6) is -0.868. The van der Waals surface area contributed by atoms with E-state index in [4.69, 9.17) is 4.74 Å².